The minimum absolute atomic E-state index is 0.0244. The molecule has 1 fully saturated rings. The summed E-state index contributed by atoms with van der Waals surface area (Å²) in [5.41, 5.74) is 9.95. The number of nitrogens with two attached hydrogens (primary N) is 1. The zero-order valence-corrected chi connectivity index (χ0v) is 17.8. The van der Waals surface area contributed by atoms with E-state index in [1.165, 1.54) is 0 Å². The Hall–Kier alpha value is -3.25. The minimum atomic E-state index is -0.632. The maximum absolute atomic E-state index is 13.2. The van der Waals surface area contributed by atoms with Crippen molar-refractivity contribution in [2.45, 2.75) is 44.7 Å². The number of hydrogen-bond donors (Lipinski definition) is 2. The van der Waals surface area contributed by atoms with Gasteiger partial charge < -0.3 is 15.6 Å². The number of ketones is 1. The van der Waals surface area contributed by atoms with Gasteiger partial charge in [0.15, 0.2) is 5.78 Å². The molecule has 1 aromatic heterocycles. The Morgan fingerprint density at radius 1 is 1.13 bits per heavy atom. The molecule has 3 aromatic rings. The van der Waals surface area contributed by atoms with Gasteiger partial charge >= 0.3 is 0 Å². The molecule has 1 saturated heterocycles. The summed E-state index contributed by atoms with van der Waals surface area (Å²) in [7, 11) is 0. The number of carbonyl (C=O) groups excluding carboxylic acids is 2. The van der Waals surface area contributed by atoms with Crippen LogP contribution in [0.4, 0.5) is 0 Å². The van der Waals surface area contributed by atoms with E-state index in [1.54, 1.807) is 19.1 Å². The van der Waals surface area contributed by atoms with Gasteiger partial charge in [0.2, 0.25) is 5.91 Å². The Balaban J connectivity index is 1.48. The van der Waals surface area contributed by atoms with Gasteiger partial charge in [-0.1, -0.05) is 54.6 Å². The number of imidazole rings is 1. The number of aromatic amines is 1. The second-order valence-corrected chi connectivity index (χ2v) is 8.16. The first-order valence-corrected chi connectivity index (χ1v) is 10.8. The molecule has 0 aliphatic carbocycles. The van der Waals surface area contributed by atoms with Crippen LogP contribution in [0.5, 0.6) is 0 Å². The van der Waals surface area contributed by atoms with Gasteiger partial charge in [-0.15, -0.1) is 0 Å². The third-order valence-corrected chi connectivity index (χ3v) is 5.92. The molecule has 0 saturated carbocycles. The number of amides is 1. The molecule has 1 aliphatic rings. The molecule has 2 aromatic carbocycles. The van der Waals surface area contributed by atoms with Crippen LogP contribution in [0.25, 0.3) is 11.3 Å². The molecule has 1 aliphatic heterocycles. The Kier molecular flexibility index (Phi) is 6.28. The van der Waals surface area contributed by atoms with Crippen molar-refractivity contribution in [1.29, 1.82) is 0 Å². The Labute approximate surface area is 182 Å². The summed E-state index contributed by atoms with van der Waals surface area (Å²) in [4.78, 5) is 34.6. The van der Waals surface area contributed by atoms with Crippen LogP contribution in [0.3, 0.4) is 0 Å². The van der Waals surface area contributed by atoms with Gasteiger partial charge in [-0.25, -0.2) is 4.98 Å². The minimum Gasteiger partial charge on any atom is -0.340 e. The van der Waals surface area contributed by atoms with Crippen LogP contribution in [0.1, 0.15) is 54.0 Å². The molecule has 0 bridgehead atoms. The zero-order chi connectivity index (χ0) is 21.8. The number of nitrogens with zero attached hydrogens (tertiary/aromatic N) is 2. The summed E-state index contributed by atoms with van der Waals surface area (Å²) in [5, 5.41) is 0. The molecule has 0 unspecified atom stereocenters. The monoisotopic (exact) mass is 416 g/mol. The third kappa shape index (κ3) is 4.75. The molecule has 31 heavy (non-hydrogen) atoms. The van der Waals surface area contributed by atoms with Crippen LogP contribution in [0.2, 0.25) is 0 Å². The van der Waals surface area contributed by atoms with E-state index in [1.807, 2.05) is 53.6 Å². The van der Waals surface area contributed by atoms with Crippen LogP contribution in [0.15, 0.2) is 60.8 Å². The van der Waals surface area contributed by atoms with Crippen molar-refractivity contribution in [3.05, 3.63) is 77.7 Å². The molecule has 2 atom stereocenters. The molecule has 0 radical (unpaired) electrons. The summed E-state index contributed by atoms with van der Waals surface area (Å²) in [6, 6.07) is 16.6. The first kappa shape index (κ1) is 21.0. The lowest BCUT2D eigenvalue weighted by Crippen LogP contribution is -2.48. The smallest absolute Gasteiger partial charge is 0.240 e. The highest BCUT2D eigenvalue weighted by atomic mass is 16.2. The number of Topliss-reactive ketones (excluding diaryl/α,β-unsaturated/α-hetero) is 1. The van der Waals surface area contributed by atoms with Crippen LogP contribution in [0, 0.1) is 0 Å². The van der Waals surface area contributed by atoms with Gasteiger partial charge in [0, 0.05) is 12.1 Å². The molecule has 0 spiro atoms. The first-order valence-electron chi connectivity index (χ1n) is 10.8. The lowest BCUT2D eigenvalue weighted by atomic mass is 9.98. The standard InChI is InChI=1S/C25H28N4O2/c1-17(30)19-12-10-18(11-13-19)15-21(26)25(31)29-14-6-5-9-23(29)24-27-16-22(28-24)20-7-3-2-4-8-20/h2-4,7-8,10-13,16,21,23H,5-6,9,14-15,26H2,1H3,(H,27,28)/t21-,23-/m0/s1. The van der Waals surface area contributed by atoms with Crippen LogP contribution in [-0.2, 0) is 11.2 Å². The number of benzene rings is 2. The van der Waals surface area contributed by atoms with E-state index in [9.17, 15) is 9.59 Å². The van der Waals surface area contributed by atoms with E-state index in [-0.39, 0.29) is 17.7 Å². The topological polar surface area (TPSA) is 92.1 Å². The second-order valence-electron chi connectivity index (χ2n) is 8.16. The van der Waals surface area contributed by atoms with Crippen LogP contribution in [-0.4, -0.2) is 39.1 Å². The Morgan fingerprint density at radius 3 is 2.58 bits per heavy atom. The summed E-state index contributed by atoms with van der Waals surface area (Å²) >= 11 is 0. The third-order valence-electron chi connectivity index (χ3n) is 5.92. The van der Waals surface area contributed by atoms with Crippen molar-refractivity contribution in [3.63, 3.8) is 0 Å². The highest BCUT2D eigenvalue weighted by Gasteiger charge is 2.32. The van der Waals surface area contributed by atoms with Crippen molar-refractivity contribution in [3.8, 4) is 11.3 Å². The van der Waals surface area contributed by atoms with E-state index in [4.69, 9.17) is 5.73 Å². The second kappa shape index (κ2) is 9.27. The number of carbonyl (C=O) groups is 2. The summed E-state index contributed by atoms with van der Waals surface area (Å²) < 4.78 is 0. The number of nitrogens with one attached hydrogen (secondary N) is 1. The molecule has 6 nitrogen and oxygen atoms in total. The number of rotatable bonds is 6. The van der Waals surface area contributed by atoms with E-state index in [0.717, 1.165) is 41.9 Å². The predicted molar refractivity (Wildman–Crippen MR) is 120 cm³/mol. The van der Waals surface area contributed by atoms with Gasteiger partial charge in [0.1, 0.15) is 5.82 Å². The number of piperidine rings is 1. The molecular weight excluding hydrogens is 388 g/mol. The van der Waals surface area contributed by atoms with Crippen molar-refractivity contribution in [1.82, 2.24) is 14.9 Å². The Bertz CT molecular complexity index is 1040. The molecule has 2 heterocycles. The van der Waals surface area contributed by atoms with Gasteiger partial charge in [0.05, 0.1) is 24.0 Å². The number of hydrogen-bond acceptors (Lipinski definition) is 4. The number of aromatic nitrogens is 2. The van der Waals surface area contributed by atoms with Crippen molar-refractivity contribution >= 4 is 11.7 Å². The SMILES string of the molecule is CC(=O)c1ccc(C[C@H](N)C(=O)N2CCCC[C@H]2c2ncc(-c3ccccc3)[nH]2)cc1. The van der Waals surface area contributed by atoms with Crippen molar-refractivity contribution in [2.24, 2.45) is 5.73 Å². The first-order chi connectivity index (χ1) is 15.0. The normalized spacial score (nSPS) is 17.4. The fourth-order valence-electron chi connectivity index (χ4n) is 4.18. The van der Waals surface area contributed by atoms with Crippen LogP contribution < -0.4 is 5.73 Å². The van der Waals surface area contributed by atoms with Gasteiger partial charge in [0.25, 0.3) is 0 Å². The molecule has 160 valence electrons. The average Bonchev–Trinajstić information content (AvgIpc) is 3.30. The quantitative estimate of drug-likeness (QED) is 0.596. The van der Waals surface area contributed by atoms with E-state index < -0.39 is 6.04 Å². The lowest BCUT2D eigenvalue weighted by Gasteiger charge is -2.36. The van der Waals surface area contributed by atoms with E-state index >= 15 is 0 Å². The molecule has 6 heteroatoms. The maximum Gasteiger partial charge on any atom is 0.240 e. The Morgan fingerprint density at radius 2 is 1.87 bits per heavy atom. The lowest BCUT2D eigenvalue weighted by molar-refractivity contribution is -0.136. The summed E-state index contributed by atoms with van der Waals surface area (Å²) in [5.74, 6) is 0.777. The zero-order valence-electron chi connectivity index (χ0n) is 17.8. The summed E-state index contributed by atoms with van der Waals surface area (Å²) in [6.45, 7) is 2.22. The fourth-order valence-corrected chi connectivity index (χ4v) is 4.18. The fraction of sp³-hybridized carbons (Fsp3) is 0.320. The van der Waals surface area contributed by atoms with Gasteiger partial charge in [-0.2, -0.15) is 0 Å². The number of H-pyrrole nitrogens is 1. The molecule has 3 N–H and O–H groups in total. The highest BCUT2D eigenvalue weighted by Crippen LogP contribution is 2.31. The largest absolute Gasteiger partial charge is 0.340 e. The molecule has 4 rings (SSSR count). The van der Waals surface area contributed by atoms with Crippen molar-refractivity contribution in [2.75, 3.05) is 6.54 Å². The van der Waals surface area contributed by atoms with Gasteiger partial charge in [-0.3, -0.25) is 9.59 Å². The number of likely N-dealkylation sites (tertiary alicyclic amines) is 1. The molecular formula is C25H28N4O2. The van der Waals surface area contributed by atoms with Gasteiger partial charge in [-0.05, 0) is 43.7 Å². The predicted octanol–water partition coefficient (Wildman–Crippen LogP) is 3.90. The van der Waals surface area contributed by atoms with E-state index in [2.05, 4.69) is 9.97 Å². The van der Waals surface area contributed by atoms with Crippen molar-refractivity contribution < 1.29 is 9.59 Å². The van der Waals surface area contributed by atoms with Crippen LogP contribution >= 0.6 is 0 Å². The maximum atomic E-state index is 13.2. The highest BCUT2D eigenvalue weighted by molar-refractivity contribution is 5.94. The van der Waals surface area contributed by atoms with E-state index in [0.29, 0.717) is 18.5 Å². The summed E-state index contributed by atoms with van der Waals surface area (Å²) in [6.07, 6.45) is 5.16. The molecule has 1 amide bonds. The average molecular weight is 417 g/mol.